The van der Waals surface area contributed by atoms with E-state index in [-0.39, 0.29) is 0 Å². The Bertz CT molecular complexity index is 354. The molecule has 21 heavy (non-hydrogen) atoms. The van der Waals surface area contributed by atoms with Crippen LogP contribution in [-0.2, 0) is 4.74 Å². The first-order valence-electron chi connectivity index (χ1n) is 8.10. The molecule has 0 saturated heterocycles. The summed E-state index contributed by atoms with van der Waals surface area (Å²) in [4.78, 5) is 4.28. The molecule has 1 atom stereocenters. The molecule has 1 aromatic rings. The first-order valence-corrected chi connectivity index (χ1v) is 8.10. The maximum absolute atomic E-state index is 5.44. The minimum Gasteiger partial charge on any atom is -0.475 e. The highest BCUT2D eigenvalue weighted by atomic mass is 16.5. The Morgan fingerprint density at radius 2 is 1.95 bits per heavy atom. The molecule has 1 N–H and O–H groups in total. The zero-order valence-corrected chi connectivity index (χ0v) is 13.7. The lowest BCUT2D eigenvalue weighted by atomic mass is 10.1. The summed E-state index contributed by atoms with van der Waals surface area (Å²) in [6, 6.07) is 4.39. The number of aromatic nitrogens is 1. The van der Waals surface area contributed by atoms with Crippen molar-refractivity contribution in [1.82, 2.24) is 4.98 Å². The van der Waals surface area contributed by atoms with Crippen molar-refractivity contribution in [2.24, 2.45) is 0 Å². The largest absolute Gasteiger partial charge is 0.475 e. The molecule has 1 aromatic heterocycles. The molecule has 0 spiro atoms. The van der Waals surface area contributed by atoms with E-state index in [0.29, 0.717) is 25.1 Å². The average molecular weight is 294 g/mol. The lowest BCUT2D eigenvalue weighted by molar-refractivity contribution is 0.144. The fourth-order valence-corrected chi connectivity index (χ4v) is 2.19. The van der Waals surface area contributed by atoms with E-state index in [0.717, 1.165) is 5.69 Å². The summed E-state index contributed by atoms with van der Waals surface area (Å²) in [6.45, 7) is 5.59. The summed E-state index contributed by atoms with van der Waals surface area (Å²) in [5, 5.41) is 3.48. The number of ether oxygens (including phenoxy) is 2. The Balaban J connectivity index is 2.21. The van der Waals surface area contributed by atoms with Crippen LogP contribution in [-0.4, -0.2) is 31.3 Å². The molecular formula is C17H30N2O2. The SMILES string of the molecule is CCCCCCCC(C)Nc1ccc(OCCOC)nc1. The van der Waals surface area contributed by atoms with Gasteiger partial charge in [-0.15, -0.1) is 0 Å². The molecule has 0 aliphatic carbocycles. The van der Waals surface area contributed by atoms with Crippen LogP contribution in [0.4, 0.5) is 5.69 Å². The molecule has 0 saturated carbocycles. The third kappa shape index (κ3) is 8.56. The van der Waals surface area contributed by atoms with E-state index in [1.54, 1.807) is 7.11 Å². The molecular weight excluding hydrogens is 264 g/mol. The highest BCUT2D eigenvalue weighted by Gasteiger charge is 2.03. The first kappa shape index (κ1) is 17.8. The van der Waals surface area contributed by atoms with Gasteiger partial charge in [-0.05, 0) is 19.4 Å². The number of hydrogen-bond acceptors (Lipinski definition) is 4. The van der Waals surface area contributed by atoms with Crippen LogP contribution in [0, 0.1) is 0 Å². The molecule has 0 aromatic carbocycles. The fourth-order valence-electron chi connectivity index (χ4n) is 2.19. The zero-order chi connectivity index (χ0) is 15.3. The van der Waals surface area contributed by atoms with Gasteiger partial charge in [-0.25, -0.2) is 4.98 Å². The van der Waals surface area contributed by atoms with E-state index in [4.69, 9.17) is 9.47 Å². The Hall–Kier alpha value is -1.29. The van der Waals surface area contributed by atoms with E-state index in [1.807, 2.05) is 18.3 Å². The molecule has 1 unspecified atom stereocenters. The van der Waals surface area contributed by atoms with Crippen LogP contribution in [0.15, 0.2) is 18.3 Å². The Kier molecular flexibility index (Phi) is 9.62. The molecule has 0 aliphatic rings. The van der Waals surface area contributed by atoms with E-state index in [9.17, 15) is 0 Å². The molecule has 0 fully saturated rings. The molecule has 0 amide bonds. The number of rotatable bonds is 12. The van der Waals surface area contributed by atoms with Crippen molar-refractivity contribution in [2.75, 3.05) is 25.6 Å². The van der Waals surface area contributed by atoms with E-state index in [2.05, 4.69) is 24.1 Å². The normalized spacial score (nSPS) is 12.1. The van der Waals surface area contributed by atoms with Crippen molar-refractivity contribution in [2.45, 2.75) is 58.4 Å². The van der Waals surface area contributed by atoms with Gasteiger partial charge >= 0.3 is 0 Å². The minimum atomic E-state index is 0.480. The van der Waals surface area contributed by atoms with Gasteiger partial charge in [-0.3, -0.25) is 0 Å². The number of hydrogen-bond donors (Lipinski definition) is 1. The van der Waals surface area contributed by atoms with Crippen LogP contribution in [0.3, 0.4) is 0 Å². The average Bonchev–Trinajstić information content (AvgIpc) is 2.49. The van der Waals surface area contributed by atoms with E-state index in [1.165, 1.54) is 38.5 Å². The molecule has 4 heteroatoms. The number of nitrogens with one attached hydrogen (secondary N) is 1. The van der Waals surface area contributed by atoms with Crippen molar-refractivity contribution < 1.29 is 9.47 Å². The summed E-state index contributed by atoms with van der Waals surface area (Å²) in [6.07, 6.45) is 9.68. The molecule has 1 rings (SSSR count). The monoisotopic (exact) mass is 294 g/mol. The second-order valence-corrected chi connectivity index (χ2v) is 5.47. The third-order valence-corrected chi connectivity index (χ3v) is 3.43. The highest BCUT2D eigenvalue weighted by molar-refractivity contribution is 5.42. The number of pyridine rings is 1. The summed E-state index contributed by atoms with van der Waals surface area (Å²) < 4.78 is 10.4. The lowest BCUT2D eigenvalue weighted by Gasteiger charge is -2.15. The van der Waals surface area contributed by atoms with Gasteiger partial charge in [-0.2, -0.15) is 0 Å². The molecule has 0 aliphatic heterocycles. The standard InChI is InChI=1S/C17H30N2O2/c1-4-5-6-7-8-9-15(2)19-16-10-11-17(18-14-16)21-13-12-20-3/h10-11,14-15,19H,4-9,12-13H2,1-3H3. The molecule has 0 bridgehead atoms. The number of unbranched alkanes of at least 4 members (excludes halogenated alkanes) is 4. The van der Waals surface area contributed by atoms with Crippen LogP contribution >= 0.6 is 0 Å². The van der Waals surface area contributed by atoms with Gasteiger partial charge in [0.15, 0.2) is 0 Å². The predicted octanol–water partition coefficient (Wildman–Crippen LogP) is 4.27. The van der Waals surface area contributed by atoms with Crippen molar-refractivity contribution in [3.63, 3.8) is 0 Å². The van der Waals surface area contributed by atoms with Gasteiger partial charge in [0.25, 0.3) is 0 Å². The quantitative estimate of drug-likeness (QED) is 0.585. The van der Waals surface area contributed by atoms with Gasteiger partial charge in [-0.1, -0.05) is 39.0 Å². The molecule has 4 nitrogen and oxygen atoms in total. The predicted molar refractivity (Wildman–Crippen MR) is 88.1 cm³/mol. The van der Waals surface area contributed by atoms with Crippen molar-refractivity contribution >= 4 is 5.69 Å². The van der Waals surface area contributed by atoms with Gasteiger partial charge in [0, 0.05) is 19.2 Å². The van der Waals surface area contributed by atoms with Gasteiger partial charge < -0.3 is 14.8 Å². The third-order valence-electron chi connectivity index (χ3n) is 3.43. The second-order valence-electron chi connectivity index (χ2n) is 5.47. The maximum Gasteiger partial charge on any atom is 0.213 e. The fraction of sp³-hybridized carbons (Fsp3) is 0.706. The Morgan fingerprint density at radius 3 is 2.62 bits per heavy atom. The molecule has 0 radical (unpaired) electrons. The summed E-state index contributed by atoms with van der Waals surface area (Å²) >= 11 is 0. The zero-order valence-electron chi connectivity index (χ0n) is 13.7. The number of methoxy groups -OCH3 is 1. The van der Waals surface area contributed by atoms with Crippen LogP contribution in [0.25, 0.3) is 0 Å². The topological polar surface area (TPSA) is 43.4 Å². The van der Waals surface area contributed by atoms with E-state index < -0.39 is 0 Å². The summed E-state index contributed by atoms with van der Waals surface area (Å²) in [7, 11) is 1.66. The second kappa shape index (κ2) is 11.4. The molecule has 120 valence electrons. The lowest BCUT2D eigenvalue weighted by Crippen LogP contribution is -2.15. The summed E-state index contributed by atoms with van der Waals surface area (Å²) in [5.41, 5.74) is 1.05. The van der Waals surface area contributed by atoms with Crippen LogP contribution < -0.4 is 10.1 Å². The van der Waals surface area contributed by atoms with Gasteiger partial charge in [0.2, 0.25) is 5.88 Å². The first-order chi connectivity index (χ1) is 10.3. The highest BCUT2D eigenvalue weighted by Crippen LogP contribution is 2.15. The van der Waals surface area contributed by atoms with E-state index >= 15 is 0 Å². The van der Waals surface area contributed by atoms with Gasteiger partial charge in [0.1, 0.15) is 6.61 Å². The minimum absolute atomic E-state index is 0.480. The maximum atomic E-state index is 5.44. The Labute approximate surface area is 129 Å². The van der Waals surface area contributed by atoms with Crippen molar-refractivity contribution in [1.29, 1.82) is 0 Å². The van der Waals surface area contributed by atoms with Crippen LogP contribution in [0.2, 0.25) is 0 Å². The molecule has 1 heterocycles. The van der Waals surface area contributed by atoms with Crippen molar-refractivity contribution in [3.8, 4) is 5.88 Å². The van der Waals surface area contributed by atoms with Gasteiger partial charge in [0.05, 0.1) is 18.5 Å². The van der Waals surface area contributed by atoms with Crippen LogP contribution in [0.5, 0.6) is 5.88 Å². The van der Waals surface area contributed by atoms with Crippen molar-refractivity contribution in [3.05, 3.63) is 18.3 Å². The Morgan fingerprint density at radius 1 is 1.14 bits per heavy atom. The van der Waals surface area contributed by atoms with Crippen LogP contribution in [0.1, 0.15) is 52.4 Å². The summed E-state index contributed by atoms with van der Waals surface area (Å²) in [5.74, 6) is 0.643. The number of anilines is 1. The smallest absolute Gasteiger partial charge is 0.213 e. The number of nitrogens with zero attached hydrogens (tertiary/aromatic N) is 1.